The lowest BCUT2D eigenvalue weighted by molar-refractivity contribution is -0.133. The normalized spacial score (nSPS) is 15.8. The molecule has 22 heavy (non-hydrogen) atoms. The lowest BCUT2D eigenvalue weighted by atomic mass is 10.1. The Hall–Kier alpha value is -1.66. The van der Waals surface area contributed by atoms with Gasteiger partial charge >= 0.3 is 0 Å². The van der Waals surface area contributed by atoms with Crippen molar-refractivity contribution in [3.05, 3.63) is 39.8 Å². The Morgan fingerprint density at radius 3 is 2.82 bits per heavy atom. The van der Waals surface area contributed by atoms with Gasteiger partial charge in [0.15, 0.2) is 0 Å². The number of rotatable bonds is 5. The molecule has 2 aromatic rings. The maximum atomic E-state index is 12.3. The van der Waals surface area contributed by atoms with E-state index in [1.807, 2.05) is 30.3 Å². The Morgan fingerprint density at radius 1 is 1.45 bits per heavy atom. The zero-order valence-electron chi connectivity index (χ0n) is 13.3. The lowest BCUT2D eigenvalue weighted by Gasteiger charge is -2.39. The molecule has 2 aromatic heterocycles. The number of carbonyl (C=O) groups excluding carboxylic acids is 1. The second kappa shape index (κ2) is 6.22. The van der Waals surface area contributed by atoms with Gasteiger partial charge < -0.3 is 4.90 Å². The molecule has 1 saturated heterocycles. The molecule has 0 bridgehead atoms. The van der Waals surface area contributed by atoms with E-state index in [-0.39, 0.29) is 5.91 Å². The molecule has 1 fully saturated rings. The molecule has 6 heteroatoms. The third-order valence-electron chi connectivity index (χ3n) is 4.09. The van der Waals surface area contributed by atoms with Crippen molar-refractivity contribution in [2.45, 2.75) is 26.4 Å². The van der Waals surface area contributed by atoms with E-state index in [2.05, 4.69) is 33.7 Å². The third-order valence-corrected chi connectivity index (χ3v) is 4.95. The molecule has 0 saturated carbocycles. The SMILES string of the molecule is Cc1cc(C)n(C2CN(CC(=O)N(C)Cc3cccs3)C2)n1. The molecular formula is C16H22N4OS. The highest BCUT2D eigenvalue weighted by Crippen LogP contribution is 2.22. The molecule has 1 amide bonds. The summed E-state index contributed by atoms with van der Waals surface area (Å²) in [5, 5.41) is 6.57. The van der Waals surface area contributed by atoms with Crippen LogP contribution in [0.4, 0.5) is 0 Å². The predicted molar refractivity (Wildman–Crippen MR) is 88.0 cm³/mol. The number of hydrogen-bond acceptors (Lipinski definition) is 4. The van der Waals surface area contributed by atoms with Crippen molar-refractivity contribution in [1.82, 2.24) is 19.6 Å². The lowest BCUT2D eigenvalue weighted by Crippen LogP contribution is -2.52. The number of hydrogen-bond donors (Lipinski definition) is 0. The van der Waals surface area contributed by atoms with Crippen molar-refractivity contribution in [3.8, 4) is 0 Å². The molecule has 0 atom stereocenters. The van der Waals surface area contributed by atoms with Crippen LogP contribution in [0.2, 0.25) is 0 Å². The summed E-state index contributed by atoms with van der Waals surface area (Å²) < 4.78 is 2.09. The minimum absolute atomic E-state index is 0.181. The van der Waals surface area contributed by atoms with Crippen LogP contribution in [0.15, 0.2) is 23.6 Å². The number of amides is 1. The van der Waals surface area contributed by atoms with E-state index < -0.39 is 0 Å². The van der Waals surface area contributed by atoms with E-state index in [1.165, 1.54) is 10.6 Å². The van der Waals surface area contributed by atoms with Crippen molar-refractivity contribution >= 4 is 17.2 Å². The summed E-state index contributed by atoms with van der Waals surface area (Å²) in [6.45, 7) is 7.11. The Morgan fingerprint density at radius 2 is 2.23 bits per heavy atom. The van der Waals surface area contributed by atoms with Crippen LogP contribution in [0.1, 0.15) is 22.3 Å². The van der Waals surface area contributed by atoms with E-state index in [9.17, 15) is 4.79 Å². The van der Waals surface area contributed by atoms with Crippen LogP contribution in [-0.4, -0.2) is 52.2 Å². The van der Waals surface area contributed by atoms with Crippen molar-refractivity contribution in [3.63, 3.8) is 0 Å². The molecule has 1 aliphatic rings. The first-order valence-electron chi connectivity index (χ1n) is 7.54. The monoisotopic (exact) mass is 318 g/mol. The molecule has 0 aromatic carbocycles. The van der Waals surface area contributed by atoms with Crippen LogP contribution in [0.3, 0.4) is 0 Å². The second-order valence-electron chi connectivity index (χ2n) is 6.05. The first-order chi connectivity index (χ1) is 10.5. The van der Waals surface area contributed by atoms with Crippen molar-refractivity contribution in [2.75, 3.05) is 26.7 Å². The number of likely N-dealkylation sites (N-methyl/N-ethyl adjacent to an activating group) is 1. The van der Waals surface area contributed by atoms with Gasteiger partial charge in [-0.15, -0.1) is 11.3 Å². The number of nitrogens with zero attached hydrogens (tertiary/aromatic N) is 4. The fourth-order valence-corrected chi connectivity index (χ4v) is 3.64. The molecule has 0 N–H and O–H groups in total. The number of aromatic nitrogens is 2. The summed E-state index contributed by atoms with van der Waals surface area (Å²) in [7, 11) is 1.88. The molecule has 3 heterocycles. The number of aryl methyl sites for hydroxylation is 2. The largest absolute Gasteiger partial charge is 0.340 e. The van der Waals surface area contributed by atoms with Crippen LogP contribution < -0.4 is 0 Å². The van der Waals surface area contributed by atoms with Crippen LogP contribution in [0, 0.1) is 13.8 Å². The summed E-state index contributed by atoms with van der Waals surface area (Å²) in [6, 6.07) is 6.59. The van der Waals surface area contributed by atoms with Crippen LogP contribution >= 0.6 is 11.3 Å². The van der Waals surface area contributed by atoms with E-state index in [0.717, 1.165) is 18.8 Å². The minimum Gasteiger partial charge on any atom is -0.340 e. The second-order valence-corrected chi connectivity index (χ2v) is 7.08. The molecule has 3 rings (SSSR count). The van der Waals surface area contributed by atoms with Crippen LogP contribution in [0.25, 0.3) is 0 Å². The number of thiophene rings is 1. The highest BCUT2D eigenvalue weighted by atomic mass is 32.1. The van der Waals surface area contributed by atoms with Gasteiger partial charge in [0.05, 0.1) is 24.8 Å². The van der Waals surface area contributed by atoms with Gasteiger partial charge in [-0.05, 0) is 31.4 Å². The average molecular weight is 318 g/mol. The first kappa shape index (κ1) is 15.2. The smallest absolute Gasteiger partial charge is 0.236 e. The van der Waals surface area contributed by atoms with Crippen molar-refractivity contribution < 1.29 is 4.79 Å². The van der Waals surface area contributed by atoms with E-state index in [4.69, 9.17) is 0 Å². The van der Waals surface area contributed by atoms with E-state index >= 15 is 0 Å². The molecule has 0 radical (unpaired) electrons. The Balaban J connectivity index is 1.47. The zero-order chi connectivity index (χ0) is 15.7. The standard InChI is InChI=1S/C16H22N4OS/c1-12-7-13(2)20(17-12)14-8-19(9-14)11-16(21)18(3)10-15-5-4-6-22-15/h4-7,14H,8-11H2,1-3H3. The topological polar surface area (TPSA) is 41.4 Å². The quantitative estimate of drug-likeness (QED) is 0.847. The summed E-state index contributed by atoms with van der Waals surface area (Å²) in [5.74, 6) is 0.181. The minimum atomic E-state index is 0.181. The predicted octanol–water partition coefficient (Wildman–Crippen LogP) is 2.08. The molecule has 0 unspecified atom stereocenters. The van der Waals surface area contributed by atoms with Gasteiger partial charge in [0.2, 0.25) is 5.91 Å². The number of carbonyl (C=O) groups is 1. The van der Waals surface area contributed by atoms with E-state index in [1.54, 1.807) is 11.3 Å². The average Bonchev–Trinajstić information content (AvgIpc) is 3.03. The van der Waals surface area contributed by atoms with Gasteiger partial charge in [0.25, 0.3) is 0 Å². The number of likely N-dealkylation sites (tertiary alicyclic amines) is 1. The van der Waals surface area contributed by atoms with Gasteiger partial charge in [-0.3, -0.25) is 14.4 Å². The molecule has 1 aliphatic heterocycles. The molecule has 0 aliphatic carbocycles. The van der Waals surface area contributed by atoms with Gasteiger partial charge in [-0.25, -0.2) is 0 Å². The van der Waals surface area contributed by atoms with Gasteiger partial charge in [0, 0.05) is 30.7 Å². The highest BCUT2D eigenvalue weighted by molar-refractivity contribution is 7.09. The summed E-state index contributed by atoms with van der Waals surface area (Å²) in [6.07, 6.45) is 0. The van der Waals surface area contributed by atoms with Crippen molar-refractivity contribution in [2.24, 2.45) is 0 Å². The highest BCUT2D eigenvalue weighted by Gasteiger charge is 2.31. The maximum absolute atomic E-state index is 12.3. The fourth-order valence-electron chi connectivity index (χ4n) is 2.88. The summed E-state index contributed by atoms with van der Waals surface area (Å²) in [4.78, 5) is 17.5. The van der Waals surface area contributed by atoms with Gasteiger partial charge in [-0.2, -0.15) is 5.10 Å². The third kappa shape index (κ3) is 3.23. The summed E-state index contributed by atoms with van der Waals surface area (Å²) >= 11 is 1.69. The Bertz CT molecular complexity index is 643. The van der Waals surface area contributed by atoms with Gasteiger partial charge in [-0.1, -0.05) is 6.07 Å². The Kier molecular flexibility index (Phi) is 4.31. The molecular weight excluding hydrogens is 296 g/mol. The zero-order valence-corrected chi connectivity index (χ0v) is 14.1. The summed E-state index contributed by atoms with van der Waals surface area (Å²) in [5.41, 5.74) is 2.26. The molecule has 0 spiro atoms. The van der Waals surface area contributed by atoms with Crippen LogP contribution in [-0.2, 0) is 11.3 Å². The molecule has 118 valence electrons. The molecule has 5 nitrogen and oxygen atoms in total. The maximum Gasteiger partial charge on any atom is 0.236 e. The van der Waals surface area contributed by atoms with Crippen molar-refractivity contribution in [1.29, 1.82) is 0 Å². The van der Waals surface area contributed by atoms with Crippen LogP contribution in [0.5, 0.6) is 0 Å². The van der Waals surface area contributed by atoms with E-state index in [0.29, 0.717) is 19.1 Å². The fraction of sp³-hybridized carbons (Fsp3) is 0.500. The Labute approximate surface area is 135 Å². The first-order valence-corrected chi connectivity index (χ1v) is 8.42. The van der Waals surface area contributed by atoms with Gasteiger partial charge in [0.1, 0.15) is 0 Å².